The third-order valence-corrected chi connectivity index (χ3v) is 8.74. The molecular formula is C31H42N8O2. The molecule has 4 heterocycles. The van der Waals surface area contributed by atoms with Crippen molar-refractivity contribution in [1.29, 1.82) is 0 Å². The number of benzene rings is 1. The van der Waals surface area contributed by atoms with Crippen molar-refractivity contribution >= 4 is 34.3 Å². The van der Waals surface area contributed by atoms with E-state index in [4.69, 9.17) is 4.98 Å². The van der Waals surface area contributed by atoms with E-state index in [0.29, 0.717) is 49.9 Å². The van der Waals surface area contributed by atoms with E-state index in [0.717, 1.165) is 37.1 Å². The summed E-state index contributed by atoms with van der Waals surface area (Å²) in [5.74, 6) is 0.428. The molecule has 2 fully saturated rings. The Balaban J connectivity index is 1.29. The number of likely N-dealkylation sites (N-methyl/N-ethyl adjacent to an activating group) is 1. The van der Waals surface area contributed by atoms with Crippen LogP contribution >= 0.6 is 0 Å². The Morgan fingerprint density at radius 1 is 1.05 bits per heavy atom. The van der Waals surface area contributed by atoms with Gasteiger partial charge in [0.15, 0.2) is 0 Å². The van der Waals surface area contributed by atoms with E-state index in [-0.39, 0.29) is 17.5 Å². The van der Waals surface area contributed by atoms with Gasteiger partial charge in [-0.2, -0.15) is 4.98 Å². The minimum Gasteiger partial charge on any atom is -0.368 e. The number of nitrogens with zero attached hydrogens (tertiary/aromatic N) is 7. The average molecular weight is 559 g/mol. The summed E-state index contributed by atoms with van der Waals surface area (Å²) in [5.41, 5.74) is 2.62. The zero-order valence-electron chi connectivity index (χ0n) is 24.7. The minimum atomic E-state index is -0.0874. The highest BCUT2D eigenvalue weighted by atomic mass is 16.2. The highest BCUT2D eigenvalue weighted by molar-refractivity contribution is 5.87. The molecule has 5 rings (SSSR count). The molecule has 1 N–H and O–H groups in total. The van der Waals surface area contributed by atoms with Crippen LogP contribution in [0.3, 0.4) is 0 Å². The number of carbonyl (C=O) groups excluding carboxylic acids is 1. The molecule has 2 aliphatic heterocycles. The van der Waals surface area contributed by atoms with Crippen LogP contribution < -0.4 is 15.8 Å². The average Bonchev–Trinajstić information content (AvgIpc) is 2.99. The van der Waals surface area contributed by atoms with Gasteiger partial charge >= 0.3 is 0 Å². The largest absolute Gasteiger partial charge is 0.368 e. The lowest BCUT2D eigenvalue weighted by Crippen LogP contribution is -2.55. The Bertz CT molecular complexity index is 1430. The van der Waals surface area contributed by atoms with Crippen molar-refractivity contribution in [2.24, 2.45) is 0 Å². The van der Waals surface area contributed by atoms with Crippen molar-refractivity contribution in [2.75, 3.05) is 56.5 Å². The van der Waals surface area contributed by atoms with E-state index in [1.54, 1.807) is 22.9 Å². The summed E-state index contributed by atoms with van der Waals surface area (Å²) in [6, 6.07) is 13.0. The van der Waals surface area contributed by atoms with E-state index in [2.05, 4.69) is 83.7 Å². The zero-order valence-corrected chi connectivity index (χ0v) is 24.7. The smallest absolute Gasteiger partial charge is 0.252 e. The van der Waals surface area contributed by atoms with Crippen molar-refractivity contribution in [3.63, 3.8) is 0 Å². The van der Waals surface area contributed by atoms with Gasteiger partial charge in [0.05, 0.1) is 0 Å². The van der Waals surface area contributed by atoms with Crippen LogP contribution in [0.1, 0.15) is 27.2 Å². The molecule has 2 aromatic heterocycles. The molecule has 1 aromatic carbocycles. The number of aromatic nitrogens is 3. The molecule has 41 heavy (non-hydrogen) atoms. The topological polar surface area (TPSA) is 89.8 Å². The molecule has 0 unspecified atom stereocenters. The van der Waals surface area contributed by atoms with Crippen LogP contribution in [0.5, 0.6) is 0 Å². The summed E-state index contributed by atoms with van der Waals surface area (Å²) in [6.07, 6.45) is 4.07. The van der Waals surface area contributed by atoms with Gasteiger partial charge < -0.3 is 15.1 Å². The van der Waals surface area contributed by atoms with Gasteiger partial charge in [-0.3, -0.25) is 24.0 Å². The molecular weight excluding hydrogens is 516 g/mol. The first-order chi connectivity index (χ1) is 19.8. The highest BCUT2D eigenvalue weighted by Gasteiger charge is 2.28. The monoisotopic (exact) mass is 558 g/mol. The maximum atomic E-state index is 13.0. The Labute approximate surface area is 242 Å². The number of anilines is 3. The van der Waals surface area contributed by atoms with Crippen molar-refractivity contribution < 1.29 is 4.79 Å². The normalized spacial score (nSPS) is 22.2. The number of carbonyl (C=O) groups is 1. The van der Waals surface area contributed by atoms with Crippen LogP contribution in [0.2, 0.25) is 0 Å². The Morgan fingerprint density at radius 2 is 1.78 bits per heavy atom. The first-order valence-electron chi connectivity index (χ1n) is 14.6. The Kier molecular flexibility index (Phi) is 8.70. The summed E-state index contributed by atoms with van der Waals surface area (Å²) in [4.78, 5) is 43.4. The number of hydrogen-bond acceptors (Lipinski definition) is 8. The third-order valence-electron chi connectivity index (χ3n) is 8.74. The van der Waals surface area contributed by atoms with E-state index >= 15 is 0 Å². The number of nitrogens with one attached hydrogen (secondary N) is 1. The number of hydrogen-bond donors (Lipinski definition) is 1. The van der Waals surface area contributed by atoms with Crippen LogP contribution in [0.25, 0.3) is 11.0 Å². The number of amides is 1. The quantitative estimate of drug-likeness (QED) is 0.422. The second kappa shape index (κ2) is 12.4. The molecule has 0 saturated carbocycles. The van der Waals surface area contributed by atoms with Crippen molar-refractivity contribution in [3.8, 4) is 0 Å². The van der Waals surface area contributed by atoms with Gasteiger partial charge in [0.25, 0.3) is 5.56 Å². The first-order valence-corrected chi connectivity index (χ1v) is 14.6. The van der Waals surface area contributed by atoms with Crippen LogP contribution in [-0.2, 0) is 11.3 Å². The maximum Gasteiger partial charge on any atom is 0.252 e. The summed E-state index contributed by atoms with van der Waals surface area (Å²) in [5, 5.41) is 4.14. The predicted molar refractivity (Wildman–Crippen MR) is 165 cm³/mol. The lowest BCUT2D eigenvalue weighted by molar-refractivity contribution is -0.129. The van der Waals surface area contributed by atoms with Crippen LogP contribution in [0.15, 0.2) is 60.0 Å². The van der Waals surface area contributed by atoms with Crippen molar-refractivity contribution in [1.82, 2.24) is 29.2 Å². The number of fused-ring (bicyclic) bond motifs is 1. The van der Waals surface area contributed by atoms with Gasteiger partial charge in [0, 0.05) is 93.0 Å². The molecule has 10 heteroatoms. The second-order valence-electron chi connectivity index (χ2n) is 11.3. The van der Waals surface area contributed by atoms with Gasteiger partial charge in [0.2, 0.25) is 11.9 Å². The molecule has 0 aliphatic carbocycles. The van der Waals surface area contributed by atoms with Gasteiger partial charge in [-0.1, -0.05) is 13.5 Å². The molecule has 2 aliphatic rings. The SMILES string of the molecule is C=CC(=O)N1CCN(CCn2c(=O)ccc3cnc(Nc4ccc(N5C[C@@H](C)N(C)[C@@H](C)C5)cc4)nc32)[C@@H](CC)C1. The van der Waals surface area contributed by atoms with Crippen molar-refractivity contribution in [2.45, 2.75) is 51.9 Å². The summed E-state index contributed by atoms with van der Waals surface area (Å²) in [6.45, 7) is 15.6. The molecule has 0 radical (unpaired) electrons. The Hall–Kier alpha value is -3.76. The molecule has 2 saturated heterocycles. The molecule has 0 spiro atoms. The van der Waals surface area contributed by atoms with Crippen LogP contribution in [0.4, 0.5) is 17.3 Å². The summed E-state index contributed by atoms with van der Waals surface area (Å²) >= 11 is 0. The van der Waals surface area contributed by atoms with Gasteiger partial charge in [0.1, 0.15) is 5.65 Å². The molecule has 218 valence electrons. The van der Waals surface area contributed by atoms with E-state index in [1.807, 2.05) is 4.90 Å². The van der Waals surface area contributed by atoms with Gasteiger partial charge in [-0.25, -0.2) is 4.98 Å². The van der Waals surface area contributed by atoms with E-state index in [1.165, 1.54) is 11.8 Å². The van der Waals surface area contributed by atoms with Gasteiger partial charge in [-0.05, 0) is 63.7 Å². The van der Waals surface area contributed by atoms with E-state index < -0.39 is 0 Å². The predicted octanol–water partition coefficient (Wildman–Crippen LogP) is 3.17. The summed E-state index contributed by atoms with van der Waals surface area (Å²) < 4.78 is 1.73. The molecule has 10 nitrogen and oxygen atoms in total. The summed E-state index contributed by atoms with van der Waals surface area (Å²) in [7, 11) is 2.19. The third kappa shape index (κ3) is 6.28. The fraction of sp³-hybridized carbons (Fsp3) is 0.484. The lowest BCUT2D eigenvalue weighted by atomic mass is 10.1. The van der Waals surface area contributed by atoms with Gasteiger partial charge in [-0.15, -0.1) is 0 Å². The first kappa shape index (κ1) is 28.8. The number of rotatable bonds is 8. The second-order valence-corrected chi connectivity index (χ2v) is 11.3. The van der Waals surface area contributed by atoms with Crippen LogP contribution in [-0.4, -0.2) is 99.6 Å². The number of piperazine rings is 2. The lowest BCUT2D eigenvalue weighted by Gasteiger charge is -2.43. The Morgan fingerprint density at radius 3 is 2.46 bits per heavy atom. The van der Waals surface area contributed by atoms with E-state index in [9.17, 15) is 9.59 Å². The van der Waals surface area contributed by atoms with Crippen LogP contribution in [0, 0.1) is 0 Å². The standard InChI is InChI=1S/C31H42N8O2/c1-6-26-21-37(28(40)7-2)15-14-36(26)16-17-39-29(41)13-8-24-18-32-31(34-30(24)39)33-25-9-11-27(12-10-25)38-19-22(3)35(5)23(4)20-38/h7-13,18,22-23,26H,2,6,14-17,19-21H2,1,3-5H3,(H,32,33,34)/t22-,23+,26-/m0/s1. The maximum absolute atomic E-state index is 13.0. The minimum absolute atomic E-state index is 0.0248. The fourth-order valence-corrected chi connectivity index (χ4v) is 5.98. The molecule has 1 amide bonds. The highest BCUT2D eigenvalue weighted by Crippen LogP contribution is 2.24. The fourth-order valence-electron chi connectivity index (χ4n) is 5.98. The molecule has 3 aromatic rings. The molecule has 3 atom stereocenters. The molecule has 0 bridgehead atoms. The zero-order chi connectivity index (χ0) is 29.1. The van der Waals surface area contributed by atoms with Crippen molar-refractivity contribution in [3.05, 3.63) is 65.6 Å². The number of pyridine rings is 1.